The van der Waals surface area contributed by atoms with Crippen LogP contribution in [0.5, 0.6) is 0 Å². The largest absolute Gasteiger partial charge is 0.352 e. The van der Waals surface area contributed by atoms with Gasteiger partial charge in [0, 0.05) is 39.8 Å². The molecule has 0 aliphatic carbocycles. The van der Waals surface area contributed by atoms with Gasteiger partial charge in [0.25, 0.3) is 5.91 Å². The van der Waals surface area contributed by atoms with E-state index in [4.69, 9.17) is 0 Å². The number of carbonyl (C=O) groups is 1. The Balaban J connectivity index is 2.19. The lowest BCUT2D eigenvalue weighted by molar-refractivity contribution is 0.0821. The smallest absolute Gasteiger partial charge is 0.273 e. The van der Waals surface area contributed by atoms with Crippen molar-refractivity contribution in [1.82, 2.24) is 20.2 Å². The van der Waals surface area contributed by atoms with Gasteiger partial charge in [0.05, 0.1) is 12.4 Å². The second kappa shape index (κ2) is 5.30. The predicted molar refractivity (Wildman–Crippen MR) is 69.7 cm³/mol. The molecule has 1 aromatic heterocycles. The summed E-state index contributed by atoms with van der Waals surface area (Å²) in [6.45, 7) is 4.83. The van der Waals surface area contributed by atoms with Crippen LogP contribution in [-0.4, -0.2) is 60.5 Å². The molecular formula is C12H19N5O. The molecule has 0 radical (unpaired) electrons. The molecule has 2 heterocycles. The number of rotatable bonds is 2. The molecule has 1 atom stereocenters. The van der Waals surface area contributed by atoms with Gasteiger partial charge in [0.15, 0.2) is 0 Å². The molecule has 1 aliphatic heterocycles. The molecule has 1 aliphatic rings. The van der Waals surface area contributed by atoms with Gasteiger partial charge in [-0.15, -0.1) is 0 Å². The highest BCUT2D eigenvalue weighted by molar-refractivity contribution is 5.91. The van der Waals surface area contributed by atoms with Crippen LogP contribution in [0.25, 0.3) is 0 Å². The Morgan fingerprint density at radius 3 is 2.94 bits per heavy atom. The Hall–Kier alpha value is -1.69. The summed E-state index contributed by atoms with van der Waals surface area (Å²) in [5, 5.41) is 3.37. The first-order valence-corrected chi connectivity index (χ1v) is 6.10. The minimum Gasteiger partial charge on any atom is -0.352 e. The highest BCUT2D eigenvalue weighted by atomic mass is 16.2. The fourth-order valence-corrected chi connectivity index (χ4v) is 1.98. The average Bonchev–Trinajstić information content (AvgIpc) is 2.38. The number of hydrogen-bond acceptors (Lipinski definition) is 5. The number of anilines is 1. The molecule has 0 aromatic carbocycles. The fourth-order valence-electron chi connectivity index (χ4n) is 1.98. The lowest BCUT2D eigenvalue weighted by Crippen LogP contribution is -2.49. The van der Waals surface area contributed by atoms with E-state index in [1.54, 1.807) is 20.3 Å². The van der Waals surface area contributed by atoms with Gasteiger partial charge in [0.1, 0.15) is 11.5 Å². The number of aromatic nitrogens is 2. The fraction of sp³-hybridized carbons (Fsp3) is 0.583. The third-order valence-corrected chi connectivity index (χ3v) is 2.94. The summed E-state index contributed by atoms with van der Waals surface area (Å²) in [6, 6.07) is 0.425. The van der Waals surface area contributed by atoms with Crippen LogP contribution < -0.4 is 10.2 Å². The molecule has 1 amide bonds. The van der Waals surface area contributed by atoms with Gasteiger partial charge in [-0.1, -0.05) is 0 Å². The number of nitrogens with one attached hydrogen (secondary N) is 1. The van der Waals surface area contributed by atoms with E-state index in [0.29, 0.717) is 11.7 Å². The van der Waals surface area contributed by atoms with Crippen molar-refractivity contribution in [2.45, 2.75) is 13.0 Å². The summed E-state index contributed by atoms with van der Waals surface area (Å²) in [7, 11) is 3.42. The highest BCUT2D eigenvalue weighted by Crippen LogP contribution is 2.12. The van der Waals surface area contributed by atoms with E-state index in [1.165, 1.54) is 11.1 Å². The van der Waals surface area contributed by atoms with Gasteiger partial charge in [-0.05, 0) is 6.92 Å². The number of nitrogens with zero attached hydrogens (tertiary/aromatic N) is 4. The molecule has 1 fully saturated rings. The summed E-state index contributed by atoms with van der Waals surface area (Å²) in [4.78, 5) is 24.0. The lowest BCUT2D eigenvalue weighted by Gasteiger charge is -2.32. The van der Waals surface area contributed by atoms with Crippen LogP contribution in [0, 0.1) is 0 Å². The Bertz CT molecular complexity index is 434. The Kier molecular flexibility index (Phi) is 3.76. The Morgan fingerprint density at radius 1 is 1.50 bits per heavy atom. The van der Waals surface area contributed by atoms with E-state index in [0.717, 1.165) is 25.5 Å². The molecule has 1 N–H and O–H groups in total. The van der Waals surface area contributed by atoms with Gasteiger partial charge in [-0.25, -0.2) is 4.98 Å². The van der Waals surface area contributed by atoms with Gasteiger partial charge < -0.3 is 15.1 Å². The van der Waals surface area contributed by atoms with Gasteiger partial charge in [0.2, 0.25) is 0 Å². The molecule has 0 saturated carbocycles. The van der Waals surface area contributed by atoms with Crippen molar-refractivity contribution in [3.63, 3.8) is 0 Å². The van der Waals surface area contributed by atoms with Crippen LogP contribution in [0.4, 0.5) is 5.82 Å². The normalized spacial score (nSPS) is 19.7. The summed E-state index contributed by atoms with van der Waals surface area (Å²) in [6.07, 6.45) is 3.22. The zero-order valence-electron chi connectivity index (χ0n) is 11.1. The molecule has 1 saturated heterocycles. The SMILES string of the molecule is CC1CN(c2cncc(C(=O)N(C)C)n2)CCN1. The molecule has 2 rings (SSSR count). The molecule has 98 valence electrons. The molecule has 1 aromatic rings. The Morgan fingerprint density at radius 2 is 2.28 bits per heavy atom. The highest BCUT2D eigenvalue weighted by Gasteiger charge is 2.19. The number of piperazine rings is 1. The molecule has 0 spiro atoms. The zero-order valence-corrected chi connectivity index (χ0v) is 11.1. The summed E-state index contributed by atoms with van der Waals surface area (Å²) < 4.78 is 0. The summed E-state index contributed by atoms with van der Waals surface area (Å²) in [5.41, 5.74) is 0.392. The van der Waals surface area contributed by atoms with Crippen molar-refractivity contribution in [3.05, 3.63) is 18.1 Å². The predicted octanol–water partition coefficient (Wildman–Crippen LogP) is -0.0235. The second-order valence-corrected chi connectivity index (χ2v) is 4.76. The number of carbonyl (C=O) groups excluding carboxylic acids is 1. The van der Waals surface area contributed by atoms with Crippen LogP contribution in [-0.2, 0) is 0 Å². The monoisotopic (exact) mass is 249 g/mol. The summed E-state index contributed by atoms with van der Waals surface area (Å²) in [5.74, 6) is 0.656. The van der Waals surface area contributed by atoms with Gasteiger partial charge in [-0.2, -0.15) is 0 Å². The molecule has 6 nitrogen and oxygen atoms in total. The van der Waals surface area contributed by atoms with Gasteiger partial charge >= 0.3 is 0 Å². The van der Waals surface area contributed by atoms with Crippen molar-refractivity contribution >= 4 is 11.7 Å². The van der Waals surface area contributed by atoms with Crippen molar-refractivity contribution in [2.24, 2.45) is 0 Å². The lowest BCUT2D eigenvalue weighted by atomic mass is 10.2. The molecule has 18 heavy (non-hydrogen) atoms. The third-order valence-electron chi connectivity index (χ3n) is 2.94. The Labute approximate surface area is 107 Å². The first kappa shape index (κ1) is 12.8. The minimum atomic E-state index is -0.118. The maximum Gasteiger partial charge on any atom is 0.273 e. The quantitative estimate of drug-likeness (QED) is 0.798. The number of amides is 1. The number of hydrogen-bond donors (Lipinski definition) is 1. The minimum absolute atomic E-state index is 0.118. The average molecular weight is 249 g/mol. The third kappa shape index (κ3) is 2.76. The van der Waals surface area contributed by atoms with Crippen molar-refractivity contribution in [1.29, 1.82) is 0 Å². The van der Waals surface area contributed by atoms with E-state index >= 15 is 0 Å². The van der Waals surface area contributed by atoms with Crippen molar-refractivity contribution in [2.75, 3.05) is 38.6 Å². The standard InChI is InChI=1S/C12H19N5O/c1-9-8-17(5-4-14-9)11-7-13-6-10(15-11)12(18)16(2)3/h6-7,9,14H,4-5,8H2,1-3H3. The zero-order chi connectivity index (χ0) is 13.1. The van der Waals surface area contributed by atoms with E-state index in [1.807, 2.05) is 0 Å². The van der Waals surface area contributed by atoms with Crippen LogP contribution in [0.15, 0.2) is 12.4 Å². The molecule has 0 bridgehead atoms. The molecular weight excluding hydrogens is 230 g/mol. The molecule has 1 unspecified atom stereocenters. The van der Waals surface area contributed by atoms with E-state index in [9.17, 15) is 4.79 Å². The second-order valence-electron chi connectivity index (χ2n) is 4.76. The first-order valence-electron chi connectivity index (χ1n) is 6.10. The maximum atomic E-state index is 11.8. The van der Waals surface area contributed by atoms with Crippen molar-refractivity contribution < 1.29 is 4.79 Å². The topological polar surface area (TPSA) is 61.4 Å². The maximum absolute atomic E-state index is 11.8. The van der Waals surface area contributed by atoms with Crippen LogP contribution >= 0.6 is 0 Å². The van der Waals surface area contributed by atoms with E-state index in [2.05, 4.69) is 27.1 Å². The molecule has 6 heteroatoms. The van der Waals surface area contributed by atoms with Gasteiger partial charge in [-0.3, -0.25) is 9.78 Å². The first-order chi connectivity index (χ1) is 8.58. The van der Waals surface area contributed by atoms with Crippen LogP contribution in [0.1, 0.15) is 17.4 Å². The van der Waals surface area contributed by atoms with E-state index < -0.39 is 0 Å². The van der Waals surface area contributed by atoms with Crippen molar-refractivity contribution in [3.8, 4) is 0 Å². The van der Waals surface area contributed by atoms with Crippen LogP contribution in [0.3, 0.4) is 0 Å². The van der Waals surface area contributed by atoms with Crippen LogP contribution in [0.2, 0.25) is 0 Å². The van der Waals surface area contributed by atoms with E-state index in [-0.39, 0.29) is 5.91 Å². The summed E-state index contributed by atoms with van der Waals surface area (Å²) >= 11 is 0.